The summed E-state index contributed by atoms with van der Waals surface area (Å²) in [6, 6.07) is 14.1. The first kappa shape index (κ1) is 14.0. The predicted octanol–water partition coefficient (Wildman–Crippen LogP) is 3.04. The van der Waals surface area contributed by atoms with Crippen LogP contribution in [0, 0.1) is 10.1 Å². The van der Waals surface area contributed by atoms with E-state index < -0.39 is 20.4 Å². The highest BCUT2D eigenvalue weighted by Crippen LogP contribution is 2.25. The number of benzene rings is 2. The van der Waals surface area contributed by atoms with E-state index in [4.69, 9.17) is 0 Å². The molecule has 2 aromatic carbocycles. The zero-order valence-corrected chi connectivity index (χ0v) is 11.2. The highest BCUT2D eigenvalue weighted by atomic mass is 32.2. The van der Waals surface area contributed by atoms with Crippen LogP contribution in [0.15, 0.2) is 64.9 Å². The van der Waals surface area contributed by atoms with Crippen LogP contribution >= 0.6 is 0 Å². The van der Waals surface area contributed by atoms with Gasteiger partial charge in [0.15, 0.2) is 0 Å². The van der Waals surface area contributed by atoms with E-state index in [9.17, 15) is 18.5 Å². The summed E-state index contributed by atoms with van der Waals surface area (Å²) in [4.78, 5) is 9.85. The van der Waals surface area contributed by atoms with E-state index in [0.29, 0.717) is 5.56 Å². The van der Waals surface area contributed by atoms with Crippen molar-refractivity contribution in [1.82, 2.24) is 0 Å². The fourth-order valence-electron chi connectivity index (χ4n) is 1.65. The first-order valence-corrected chi connectivity index (χ1v) is 7.27. The first-order valence-electron chi connectivity index (χ1n) is 5.72. The average Bonchev–Trinajstić information content (AvgIpc) is 2.46. The Kier molecular flexibility index (Phi) is 3.95. The molecule has 0 radical (unpaired) electrons. The first-order chi connectivity index (χ1) is 9.50. The van der Waals surface area contributed by atoms with E-state index in [1.54, 1.807) is 24.3 Å². The summed E-state index contributed by atoms with van der Waals surface area (Å²) < 4.78 is 24.3. The van der Waals surface area contributed by atoms with Crippen LogP contribution in [0.3, 0.4) is 0 Å². The van der Waals surface area contributed by atoms with Gasteiger partial charge in [-0.2, -0.15) is 0 Å². The number of nitrogens with zero attached hydrogens (tertiary/aromatic N) is 1. The van der Waals surface area contributed by atoms with Gasteiger partial charge in [0, 0.05) is 11.5 Å². The Hall–Kier alpha value is -2.47. The summed E-state index contributed by atoms with van der Waals surface area (Å²) in [5.74, 6) is 0. The van der Waals surface area contributed by atoms with Crippen LogP contribution in [0.4, 0.5) is 5.69 Å². The second-order valence-corrected chi connectivity index (χ2v) is 5.79. The minimum absolute atomic E-state index is 0.308. The predicted molar refractivity (Wildman–Crippen MR) is 75.8 cm³/mol. The summed E-state index contributed by atoms with van der Waals surface area (Å²) in [5, 5.41) is 11.8. The molecule has 0 atom stereocenters. The molecule has 102 valence electrons. The second-order valence-electron chi connectivity index (χ2n) is 3.98. The maximum Gasteiger partial charge on any atom is 0.288 e. The van der Waals surface area contributed by atoms with Gasteiger partial charge in [0.05, 0.1) is 4.92 Å². The van der Waals surface area contributed by atoms with Crippen molar-refractivity contribution in [3.63, 3.8) is 0 Å². The SMILES string of the molecule is O=[N+]([O-])c1ccccc1S(=O)(=O)/C=C\c1ccccc1. The summed E-state index contributed by atoms with van der Waals surface area (Å²) >= 11 is 0. The lowest BCUT2D eigenvalue weighted by molar-refractivity contribution is -0.387. The Bertz CT molecular complexity index is 752. The molecular weight excluding hydrogens is 278 g/mol. The molecule has 0 saturated heterocycles. The molecule has 20 heavy (non-hydrogen) atoms. The van der Waals surface area contributed by atoms with E-state index in [2.05, 4.69) is 0 Å². The molecular formula is C14H11NO4S. The van der Waals surface area contributed by atoms with Crippen LogP contribution < -0.4 is 0 Å². The molecule has 0 aliphatic rings. The van der Waals surface area contributed by atoms with Crippen molar-refractivity contribution in [2.75, 3.05) is 0 Å². The van der Waals surface area contributed by atoms with Crippen molar-refractivity contribution in [2.45, 2.75) is 4.90 Å². The van der Waals surface area contributed by atoms with Gasteiger partial charge in [0.2, 0.25) is 9.84 Å². The van der Waals surface area contributed by atoms with Gasteiger partial charge in [-0.05, 0) is 17.7 Å². The van der Waals surface area contributed by atoms with Crippen LogP contribution in [0.5, 0.6) is 0 Å². The van der Waals surface area contributed by atoms with Crippen LogP contribution in [0.1, 0.15) is 5.56 Å². The third-order valence-corrected chi connectivity index (χ3v) is 4.06. The Morgan fingerprint density at radius 1 is 0.950 bits per heavy atom. The molecule has 0 bridgehead atoms. The number of rotatable bonds is 4. The fraction of sp³-hybridized carbons (Fsp3) is 0. The molecule has 0 unspecified atom stereocenters. The van der Waals surface area contributed by atoms with E-state index in [0.717, 1.165) is 5.41 Å². The number of nitro benzene ring substituents is 1. The molecule has 0 aliphatic heterocycles. The van der Waals surface area contributed by atoms with Crippen molar-refractivity contribution in [3.8, 4) is 0 Å². The highest BCUT2D eigenvalue weighted by molar-refractivity contribution is 7.94. The van der Waals surface area contributed by atoms with Gasteiger partial charge in [-0.3, -0.25) is 10.1 Å². The largest absolute Gasteiger partial charge is 0.288 e. The maximum absolute atomic E-state index is 12.1. The minimum Gasteiger partial charge on any atom is -0.258 e. The molecule has 2 rings (SSSR count). The summed E-state index contributed by atoms with van der Waals surface area (Å²) in [6.45, 7) is 0. The smallest absolute Gasteiger partial charge is 0.258 e. The quantitative estimate of drug-likeness (QED) is 0.640. The van der Waals surface area contributed by atoms with Crippen molar-refractivity contribution in [1.29, 1.82) is 0 Å². The average molecular weight is 289 g/mol. The number of hydrogen-bond donors (Lipinski definition) is 0. The zero-order chi connectivity index (χ0) is 14.6. The molecule has 0 fully saturated rings. The summed E-state index contributed by atoms with van der Waals surface area (Å²) in [5.41, 5.74) is 0.278. The Morgan fingerprint density at radius 3 is 2.20 bits per heavy atom. The van der Waals surface area contributed by atoms with Crippen LogP contribution in [0.25, 0.3) is 6.08 Å². The molecule has 0 saturated carbocycles. The van der Waals surface area contributed by atoms with Crippen molar-refractivity contribution >= 4 is 21.6 Å². The molecule has 2 aromatic rings. The maximum atomic E-state index is 12.1. The Balaban J connectivity index is 2.42. The monoisotopic (exact) mass is 289 g/mol. The number of hydrogen-bond acceptors (Lipinski definition) is 4. The zero-order valence-electron chi connectivity index (χ0n) is 10.3. The number of para-hydroxylation sites is 1. The standard InChI is InChI=1S/C14H11NO4S/c16-15(17)13-8-4-5-9-14(13)20(18,19)11-10-12-6-2-1-3-7-12/h1-11H/b11-10-. The molecule has 0 heterocycles. The van der Waals surface area contributed by atoms with Crippen LogP contribution in [-0.2, 0) is 9.84 Å². The number of nitro groups is 1. The molecule has 0 N–H and O–H groups in total. The third-order valence-electron chi connectivity index (χ3n) is 2.61. The van der Waals surface area contributed by atoms with Gasteiger partial charge in [0.25, 0.3) is 5.69 Å². The third kappa shape index (κ3) is 3.10. The normalized spacial score (nSPS) is 11.6. The van der Waals surface area contributed by atoms with Crippen molar-refractivity contribution in [2.24, 2.45) is 0 Å². The molecule has 0 aromatic heterocycles. The van der Waals surface area contributed by atoms with Crippen molar-refractivity contribution in [3.05, 3.63) is 75.7 Å². The topological polar surface area (TPSA) is 77.3 Å². The summed E-state index contributed by atoms with van der Waals surface area (Å²) in [6.07, 6.45) is 1.41. The van der Waals surface area contributed by atoms with E-state index in [1.807, 2.05) is 6.07 Å². The van der Waals surface area contributed by atoms with Gasteiger partial charge in [0.1, 0.15) is 4.90 Å². The fourth-order valence-corrected chi connectivity index (χ4v) is 2.84. The van der Waals surface area contributed by atoms with Gasteiger partial charge < -0.3 is 0 Å². The lowest BCUT2D eigenvalue weighted by Gasteiger charge is -2.00. The van der Waals surface area contributed by atoms with Gasteiger partial charge >= 0.3 is 0 Å². The molecule has 0 amide bonds. The lowest BCUT2D eigenvalue weighted by atomic mass is 10.2. The van der Waals surface area contributed by atoms with Gasteiger partial charge in [-0.15, -0.1) is 0 Å². The Labute approximate surface area is 116 Å². The van der Waals surface area contributed by atoms with E-state index >= 15 is 0 Å². The number of sulfone groups is 1. The minimum atomic E-state index is -3.86. The van der Waals surface area contributed by atoms with Gasteiger partial charge in [-0.25, -0.2) is 8.42 Å². The molecule has 0 spiro atoms. The van der Waals surface area contributed by atoms with Gasteiger partial charge in [-0.1, -0.05) is 42.5 Å². The van der Waals surface area contributed by atoms with E-state index in [-0.39, 0.29) is 4.90 Å². The van der Waals surface area contributed by atoms with E-state index in [1.165, 1.54) is 30.3 Å². The molecule has 6 heteroatoms. The van der Waals surface area contributed by atoms with Crippen molar-refractivity contribution < 1.29 is 13.3 Å². The highest BCUT2D eigenvalue weighted by Gasteiger charge is 2.22. The lowest BCUT2D eigenvalue weighted by Crippen LogP contribution is -2.01. The Morgan fingerprint density at radius 2 is 1.55 bits per heavy atom. The second kappa shape index (κ2) is 5.66. The molecule has 5 nitrogen and oxygen atoms in total. The molecule has 0 aliphatic carbocycles. The van der Waals surface area contributed by atoms with Crippen LogP contribution in [-0.4, -0.2) is 13.3 Å². The summed E-state index contributed by atoms with van der Waals surface area (Å²) in [7, 11) is -3.86. The van der Waals surface area contributed by atoms with Crippen LogP contribution in [0.2, 0.25) is 0 Å².